The standard InChI is InChI=1S/C19H21ClFNO3S/c1-26-10-9-18(19(23)24)22-11-13-5-7-14(8-6-13)25-12-15-16(20)3-2-4-17(15)21/h2-8,18,22H,9-12H2,1H3,(H,23,24). The minimum atomic E-state index is -0.847. The molecular formula is C19H21ClFNO3S. The number of hydrogen-bond donors (Lipinski definition) is 2. The fourth-order valence-corrected chi connectivity index (χ4v) is 3.01. The number of ether oxygens (including phenoxy) is 1. The fraction of sp³-hybridized carbons (Fsp3) is 0.316. The molecule has 0 aromatic heterocycles. The van der Waals surface area contributed by atoms with Gasteiger partial charge in [0.25, 0.3) is 0 Å². The Labute approximate surface area is 161 Å². The second kappa shape index (κ2) is 10.4. The monoisotopic (exact) mass is 397 g/mol. The van der Waals surface area contributed by atoms with Crippen LogP contribution in [-0.4, -0.2) is 29.1 Å². The van der Waals surface area contributed by atoms with Crippen molar-refractivity contribution >= 4 is 29.3 Å². The van der Waals surface area contributed by atoms with E-state index >= 15 is 0 Å². The van der Waals surface area contributed by atoms with Gasteiger partial charge < -0.3 is 15.2 Å². The van der Waals surface area contributed by atoms with Crippen molar-refractivity contribution in [2.45, 2.75) is 25.6 Å². The summed E-state index contributed by atoms with van der Waals surface area (Å²) in [5, 5.41) is 12.6. The van der Waals surface area contributed by atoms with Crippen molar-refractivity contribution in [2.24, 2.45) is 0 Å². The zero-order valence-corrected chi connectivity index (χ0v) is 15.9. The van der Waals surface area contributed by atoms with Gasteiger partial charge in [0.05, 0.1) is 5.02 Å². The van der Waals surface area contributed by atoms with Gasteiger partial charge in [-0.25, -0.2) is 4.39 Å². The van der Waals surface area contributed by atoms with Crippen LogP contribution in [0.1, 0.15) is 17.5 Å². The maximum Gasteiger partial charge on any atom is 0.320 e. The molecule has 0 bridgehead atoms. The average Bonchev–Trinajstić information content (AvgIpc) is 2.62. The third-order valence-electron chi connectivity index (χ3n) is 3.83. The summed E-state index contributed by atoms with van der Waals surface area (Å²) in [5.74, 6) is 0.129. The van der Waals surface area contributed by atoms with Crippen LogP contribution in [0.2, 0.25) is 5.02 Å². The van der Waals surface area contributed by atoms with Crippen LogP contribution in [0, 0.1) is 5.82 Å². The van der Waals surface area contributed by atoms with Gasteiger partial charge in [-0.15, -0.1) is 0 Å². The van der Waals surface area contributed by atoms with Gasteiger partial charge in [-0.1, -0.05) is 29.8 Å². The van der Waals surface area contributed by atoms with Crippen LogP contribution in [0.25, 0.3) is 0 Å². The van der Waals surface area contributed by atoms with E-state index in [1.807, 2.05) is 18.4 Å². The molecule has 0 heterocycles. The van der Waals surface area contributed by atoms with Crippen molar-refractivity contribution in [3.05, 3.63) is 64.4 Å². The molecule has 7 heteroatoms. The van der Waals surface area contributed by atoms with E-state index in [-0.39, 0.29) is 6.61 Å². The Balaban J connectivity index is 1.88. The molecule has 1 unspecified atom stereocenters. The van der Waals surface area contributed by atoms with Gasteiger partial charge in [0.1, 0.15) is 24.2 Å². The third-order valence-corrected chi connectivity index (χ3v) is 4.83. The third kappa shape index (κ3) is 6.20. The number of carboxylic acid groups (broad SMARTS) is 1. The summed E-state index contributed by atoms with van der Waals surface area (Å²) in [5.41, 5.74) is 1.26. The van der Waals surface area contributed by atoms with Crippen molar-refractivity contribution < 1.29 is 19.0 Å². The van der Waals surface area contributed by atoms with Crippen molar-refractivity contribution in [3.8, 4) is 5.75 Å². The normalized spacial score (nSPS) is 12.0. The molecule has 0 spiro atoms. The zero-order chi connectivity index (χ0) is 18.9. The Hall–Kier alpha value is -1.76. The minimum Gasteiger partial charge on any atom is -0.489 e. The van der Waals surface area contributed by atoms with Crippen LogP contribution in [0.15, 0.2) is 42.5 Å². The molecule has 0 radical (unpaired) electrons. The quantitative estimate of drug-likeness (QED) is 0.624. The van der Waals surface area contributed by atoms with Gasteiger partial charge in [-0.05, 0) is 48.3 Å². The summed E-state index contributed by atoms with van der Waals surface area (Å²) in [4.78, 5) is 11.2. The highest BCUT2D eigenvalue weighted by atomic mass is 35.5. The lowest BCUT2D eigenvalue weighted by molar-refractivity contribution is -0.139. The highest BCUT2D eigenvalue weighted by molar-refractivity contribution is 7.98. The molecule has 0 fully saturated rings. The minimum absolute atomic E-state index is 0.0406. The Morgan fingerprint density at radius 2 is 2.04 bits per heavy atom. The van der Waals surface area contributed by atoms with Crippen molar-refractivity contribution in [2.75, 3.05) is 12.0 Å². The molecular weight excluding hydrogens is 377 g/mol. The molecule has 2 rings (SSSR count). The Morgan fingerprint density at radius 3 is 2.65 bits per heavy atom. The number of halogens is 2. The van der Waals surface area contributed by atoms with Crippen LogP contribution in [0.5, 0.6) is 5.75 Å². The summed E-state index contributed by atoms with van der Waals surface area (Å²) in [6, 6.07) is 11.2. The van der Waals surface area contributed by atoms with Crippen LogP contribution in [0.3, 0.4) is 0 Å². The van der Waals surface area contributed by atoms with Gasteiger partial charge in [0, 0.05) is 12.1 Å². The predicted molar refractivity (Wildman–Crippen MR) is 103 cm³/mol. The molecule has 4 nitrogen and oxygen atoms in total. The molecule has 0 aliphatic rings. The second-order valence-corrected chi connectivity index (χ2v) is 7.08. The van der Waals surface area contributed by atoms with E-state index in [0.29, 0.717) is 29.3 Å². The maximum absolute atomic E-state index is 13.7. The predicted octanol–water partition coefficient (Wildman–Crippen LogP) is 4.35. The molecule has 140 valence electrons. The van der Waals surface area contributed by atoms with Gasteiger partial charge in [0.2, 0.25) is 0 Å². The summed E-state index contributed by atoms with van der Waals surface area (Å²) in [6.45, 7) is 0.490. The summed E-state index contributed by atoms with van der Waals surface area (Å²) < 4.78 is 19.3. The van der Waals surface area contributed by atoms with E-state index < -0.39 is 17.8 Å². The van der Waals surface area contributed by atoms with Crippen molar-refractivity contribution in [3.63, 3.8) is 0 Å². The van der Waals surface area contributed by atoms with Crippen LogP contribution >= 0.6 is 23.4 Å². The first-order valence-corrected chi connectivity index (χ1v) is 9.88. The van der Waals surface area contributed by atoms with Crippen LogP contribution < -0.4 is 10.1 Å². The lowest BCUT2D eigenvalue weighted by Gasteiger charge is -2.14. The average molecular weight is 398 g/mol. The topological polar surface area (TPSA) is 58.6 Å². The maximum atomic E-state index is 13.7. The van der Waals surface area contributed by atoms with Gasteiger partial charge in [-0.2, -0.15) is 11.8 Å². The number of aliphatic carboxylic acids is 1. The van der Waals surface area contributed by atoms with Crippen LogP contribution in [0.4, 0.5) is 4.39 Å². The number of carbonyl (C=O) groups is 1. The Kier molecular flexibility index (Phi) is 8.22. The number of nitrogens with one attached hydrogen (secondary N) is 1. The zero-order valence-electron chi connectivity index (χ0n) is 14.4. The van der Waals surface area contributed by atoms with Crippen molar-refractivity contribution in [1.29, 1.82) is 0 Å². The molecule has 26 heavy (non-hydrogen) atoms. The van der Waals surface area contributed by atoms with E-state index in [1.54, 1.807) is 36.0 Å². The molecule has 0 aliphatic heterocycles. The van der Waals surface area contributed by atoms with E-state index in [1.165, 1.54) is 6.07 Å². The smallest absolute Gasteiger partial charge is 0.320 e. The Bertz CT molecular complexity index is 707. The number of benzene rings is 2. The molecule has 0 aliphatic carbocycles. The highest BCUT2D eigenvalue weighted by Crippen LogP contribution is 2.21. The molecule has 2 aromatic carbocycles. The number of rotatable bonds is 10. The van der Waals surface area contributed by atoms with Gasteiger partial charge in [0.15, 0.2) is 0 Å². The second-order valence-electron chi connectivity index (χ2n) is 5.69. The lowest BCUT2D eigenvalue weighted by Crippen LogP contribution is -2.36. The van der Waals surface area contributed by atoms with Crippen molar-refractivity contribution in [1.82, 2.24) is 5.32 Å². The fourth-order valence-electron chi connectivity index (χ4n) is 2.32. The first kappa shape index (κ1) is 20.6. The molecule has 0 saturated heterocycles. The van der Waals surface area contributed by atoms with E-state index in [9.17, 15) is 14.3 Å². The lowest BCUT2D eigenvalue weighted by atomic mass is 10.1. The van der Waals surface area contributed by atoms with E-state index in [4.69, 9.17) is 16.3 Å². The molecule has 1 atom stereocenters. The number of carboxylic acids is 1. The molecule has 2 N–H and O–H groups in total. The highest BCUT2D eigenvalue weighted by Gasteiger charge is 2.15. The Morgan fingerprint density at radius 1 is 1.31 bits per heavy atom. The molecule has 0 saturated carbocycles. The molecule has 0 amide bonds. The van der Waals surface area contributed by atoms with E-state index in [0.717, 1.165) is 11.3 Å². The number of thioether (sulfide) groups is 1. The van der Waals surface area contributed by atoms with Crippen LogP contribution in [-0.2, 0) is 17.9 Å². The molecule has 2 aromatic rings. The van der Waals surface area contributed by atoms with Gasteiger partial charge in [-0.3, -0.25) is 4.79 Å². The first-order chi connectivity index (χ1) is 12.5. The SMILES string of the molecule is CSCCC(NCc1ccc(OCc2c(F)cccc2Cl)cc1)C(=O)O. The summed E-state index contributed by atoms with van der Waals surface area (Å²) in [7, 11) is 0. The largest absolute Gasteiger partial charge is 0.489 e. The first-order valence-electron chi connectivity index (χ1n) is 8.11. The summed E-state index contributed by atoms with van der Waals surface area (Å²) in [6.07, 6.45) is 2.52. The van der Waals surface area contributed by atoms with E-state index in [2.05, 4.69) is 5.32 Å². The summed E-state index contributed by atoms with van der Waals surface area (Å²) >= 11 is 7.60. The van der Waals surface area contributed by atoms with Gasteiger partial charge >= 0.3 is 5.97 Å². The number of hydrogen-bond acceptors (Lipinski definition) is 4.